The van der Waals surface area contributed by atoms with E-state index in [1.165, 1.54) is 5.56 Å². The molecular formula is C63H39N5O. The van der Waals surface area contributed by atoms with Gasteiger partial charge >= 0.3 is 0 Å². The molecule has 322 valence electrons. The zero-order valence-electron chi connectivity index (χ0n) is 37.2. The summed E-state index contributed by atoms with van der Waals surface area (Å²) in [7, 11) is 0. The smallest absolute Gasteiger partial charge is 0.164 e. The van der Waals surface area contributed by atoms with Gasteiger partial charge < -0.3 is 4.42 Å². The molecule has 6 heteroatoms. The number of para-hydroxylation sites is 1. The zero-order chi connectivity index (χ0) is 45.7. The van der Waals surface area contributed by atoms with Crippen LogP contribution in [0.15, 0.2) is 241 Å². The van der Waals surface area contributed by atoms with Crippen LogP contribution in [0.5, 0.6) is 0 Å². The Hall–Kier alpha value is -9.39. The topological polar surface area (TPSA) is 77.6 Å². The van der Waals surface area contributed by atoms with E-state index in [0.717, 1.165) is 105 Å². The molecular weight excluding hydrogens is 843 g/mol. The molecule has 0 radical (unpaired) electrons. The molecule has 0 saturated carbocycles. The summed E-state index contributed by atoms with van der Waals surface area (Å²) in [5.41, 5.74) is 13.3. The third kappa shape index (κ3) is 7.47. The first-order valence-electron chi connectivity index (χ1n) is 23.1. The summed E-state index contributed by atoms with van der Waals surface area (Å²) in [5.74, 6) is 2.45. The van der Waals surface area contributed by atoms with Crippen molar-refractivity contribution in [3.63, 3.8) is 0 Å². The van der Waals surface area contributed by atoms with E-state index in [-0.39, 0.29) is 0 Å². The lowest BCUT2D eigenvalue weighted by molar-refractivity contribution is 0.669. The molecule has 0 unspecified atom stereocenters. The molecule has 13 aromatic rings. The average molecular weight is 882 g/mol. The number of hydrogen-bond acceptors (Lipinski definition) is 6. The van der Waals surface area contributed by atoms with Crippen LogP contribution in [-0.2, 0) is 0 Å². The Labute approximate surface area is 398 Å². The van der Waals surface area contributed by atoms with Crippen LogP contribution in [-0.4, -0.2) is 24.9 Å². The first-order valence-corrected chi connectivity index (χ1v) is 23.1. The van der Waals surface area contributed by atoms with Gasteiger partial charge in [-0.05, 0) is 80.2 Å². The van der Waals surface area contributed by atoms with Gasteiger partial charge in [-0.25, -0.2) is 24.9 Å². The van der Waals surface area contributed by atoms with Crippen LogP contribution >= 0.6 is 0 Å². The number of aromatic nitrogens is 5. The molecule has 0 amide bonds. The van der Waals surface area contributed by atoms with E-state index in [2.05, 4.69) is 212 Å². The van der Waals surface area contributed by atoms with Crippen molar-refractivity contribution in [1.29, 1.82) is 0 Å². The standard InChI is InChI=1S/C63H39N5O/c1-2-14-40(15-3-1)41-30-32-44(33-31-41)56-39-57(65-60(64-56)49-34-35-53-52-26-8-9-29-58(52)69-59(53)38-49)47-22-10-20-45(36-47)46-21-11-23-48(37-46)61-66-62(54-27-12-18-42-16-4-6-24-50(42)54)68-63(67-61)55-28-13-19-43-17-5-7-25-51(43)55/h1-39H. The van der Waals surface area contributed by atoms with Crippen molar-refractivity contribution < 1.29 is 4.42 Å². The summed E-state index contributed by atoms with van der Waals surface area (Å²) in [4.78, 5) is 26.1. The summed E-state index contributed by atoms with van der Waals surface area (Å²) < 4.78 is 6.33. The lowest BCUT2D eigenvalue weighted by Crippen LogP contribution is -2.01. The van der Waals surface area contributed by atoms with Gasteiger partial charge in [0.05, 0.1) is 11.4 Å². The lowest BCUT2D eigenvalue weighted by atomic mass is 9.98. The Kier molecular flexibility index (Phi) is 9.72. The summed E-state index contributed by atoms with van der Waals surface area (Å²) in [6, 6.07) is 81.8. The van der Waals surface area contributed by atoms with Crippen LogP contribution in [0.3, 0.4) is 0 Å². The molecule has 0 aliphatic carbocycles. The Morgan fingerprint density at radius 3 is 1.36 bits per heavy atom. The quantitative estimate of drug-likeness (QED) is 0.151. The lowest BCUT2D eigenvalue weighted by Gasteiger charge is -2.13. The van der Waals surface area contributed by atoms with Gasteiger partial charge in [0.15, 0.2) is 23.3 Å². The molecule has 0 atom stereocenters. The number of furan rings is 1. The molecule has 69 heavy (non-hydrogen) atoms. The van der Waals surface area contributed by atoms with E-state index in [9.17, 15) is 0 Å². The van der Waals surface area contributed by atoms with Gasteiger partial charge in [-0.1, -0.05) is 200 Å². The van der Waals surface area contributed by atoms with Gasteiger partial charge in [-0.3, -0.25) is 0 Å². The van der Waals surface area contributed by atoms with Crippen molar-refractivity contribution in [2.75, 3.05) is 0 Å². The largest absolute Gasteiger partial charge is 0.456 e. The summed E-state index contributed by atoms with van der Waals surface area (Å²) in [5, 5.41) is 6.57. The van der Waals surface area contributed by atoms with Gasteiger partial charge in [0.1, 0.15) is 11.2 Å². The minimum Gasteiger partial charge on any atom is -0.456 e. The van der Waals surface area contributed by atoms with Crippen molar-refractivity contribution >= 4 is 43.5 Å². The first-order chi connectivity index (χ1) is 34.1. The number of benzene rings is 10. The fraction of sp³-hybridized carbons (Fsp3) is 0. The van der Waals surface area contributed by atoms with Crippen molar-refractivity contribution in [2.45, 2.75) is 0 Å². The van der Waals surface area contributed by atoms with Gasteiger partial charge in [0, 0.05) is 44.2 Å². The molecule has 0 saturated heterocycles. The SMILES string of the molecule is c1ccc(-c2ccc(-c3cc(-c4cccc(-c5cccc(-c6nc(-c7cccc8ccccc78)nc(-c7cccc8ccccc78)n6)c5)c4)nc(-c4ccc5c(c4)oc4ccccc45)n3)cc2)cc1. The van der Waals surface area contributed by atoms with Crippen molar-refractivity contribution in [2.24, 2.45) is 0 Å². The highest BCUT2D eigenvalue weighted by molar-refractivity contribution is 6.06. The van der Waals surface area contributed by atoms with Gasteiger partial charge in [-0.15, -0.1) is 0 Å². The van der Waals surface area contributed by atoms with Crippen LogP contribution in [0, 0.1) is 0 Å². The van der Waals surface area contributed by atoms with Crippen LogP contribution < -0.4 is 0 Å². The van der Waals surface area contributed by atoms with Crippen LogP contribution in [0.2, 0.25) is 0 Å². The minimum absolute atomic E-state index is 0.596. The van der Waals surface area contributed by atoms with E-state index >= 15 is 0 Å². The van der Waals surface area contributed by atoms with Crippen molar-refractivity contribution in [3.8, 4) is 90.3 Å². The van der Waals surface area contributed by atoms with Crippen LogP contribution in [0.25, 0.3) is 134 Å². The molecule has 0 bridgehead atoms. The van der Waals surface area contributed by atoms with Crippen LogP contribution in [0.1, 0.15) is 0 Å². The van der Waals surface area contributed by atoms with E-state index in [0.29, 0.717) is 23.3 Å². The fourth-order valence-electron chi connectivity index (χ4n) is 9.48. The molecule has 0 aliphatic heterocycles. The maximum Gasteiger partial charge on any atom is 0.164 e. The molecule has 10 aromatic carbocycles. The molecule has 0 spiro atoms. The van der Waals surface area contributed by atoms with Crippen molar-refractivity contribution in [1.82, 2.24) is 24.9 Å². The average Bonchev–Trinajstić information content (AvgIpc) is 3.81. The minimum atomic E-state index is 0.596. The second-order valence-corrected chi connectivity index (χ2v) is 17.2. The van der Waals surface area contributed by atoms with E-state index in [1.807, 2.05) is 24.3 Å². The highest BCUT2D eigenvalue weighted by atomic mass is 16.3. The molecule has 6 nitrogen and oxygen atoms in total. The van der Waals surface area contributed by atoms with Crippen molar-refractivity contribution in [3.05, 3.63) is 237 Å². The predicted octanol–water partition coefficient (Wildman–Crippen LogP) is 16.2. The molecule has 3 aromatic heterocycles. The second kappa shape index (κ2) is 16.8. The highest BCUT2D eigenvalue weighted by Gasteiger charge is 2.18. The summed E-state index contributed by atoms with van der Waals surface area (Å²) in [6.07, 6.45) is 0. The number of hydrogen-bond donors (Lipinski definition) is 0. The predicted molar refractivity (Wildman–Crippen MR) is 281 cm³/mol. The first kappa shape index (κ1) is 39.9. The zero-order valence-corrected chi connectivity index (χ0v) is 37.2. The molecule has 13 rings (SSSR count). The fourth-order valence-corrected chi connectivity index (χ4v) is 9.48. The second-order valence-electron chi connectivity index (χ2n) is 17.2. The number of nitrogens with zero attached hydrogens (tertiary/aromatic N) is 5. The van der Waals surface area contributed by atoms with Gasteiger partial charge in [-0.2, -0.15) is 0 Å². The Balaban J connectivity index is 0.921. The molecule has 0 fully saturated rings. The third-order valence-electron chi connectivity index (χ3n) is 13.0. The monoisotopic (exact) mass is 881 g/mol. The summed E-state index contributed by atoms with van der Waals surface area (Å²) >= 11 is 0. The Morgan fingerprint density at radius 1 is 0.232 bits per heavy atom. The molecule has 0 aliphatic rings. The summed E-state index contributed by atoms with van der Waals surface area (Å²) in [6.45, 7) is 0. The maximum atomic E-state index is 6.33. The van der Waals surface area contributed by atoms with Gasteiger partial charge in [0.25, 0.3) is 0 Å². The van der Waals surface area contributed by atoms with Crippen LogP contribution in [0.4, 0.5) is 0 Å². The third-order valence-corrected chi connectivity index (χ3v) is 13.0. The maximum absolute atomic E-state index is 6.33. The Morgan fingerprint density at radius 2 is 0.667 bits per heavy atom. The normalized spacial score (nSPS) is 11.5. The van der Waals surface area contributed by atoms with E-state index in [1.54, 1.807) is 0 Å². The van der Waals surface area contributed by atoms with E-state index < -0.39 is 0 Å². The number of fused-ring (bicyclic) bond motifs is 5. The highest BCUT2D eigenvalue weighted by Crippen LogP contribution is 2.37. The Bertz CT molecular complexity index is 3980. The van der Waals surface area contributed by atoms with Gasteiger partial charge in [0.2, 0.25) is 0 Å². The molecule has 3 heterocycles. The van der Waals surface area contributed by atoms with E-state index in [4.69, 9.17) is 29.3 Å². The number of rotatable bonds is 8. The molecule has 0 N–H and O–H groups in total.